The first-order valence-electron chi connectivity index (χ1n) is 4.92. The van der Waals surface area contributed by atoms with Crippen LogP contribution in [0.2, 0.25) is 0 Å². The Balaban J connectivity index is 4.46. The standard InChI is InChI=1S/C11H23N/c1-7-9(4)10(12)11(5,6)8(2)3/h8-9,12H,7H2,1-6H3. The molecule has 0 aliphatic rings. The molecule has 1 unspecified atom stereocenters. The molecule has 0 aliphatic carbocycles. The molecule has 0 saturated heterocycles. The van der Waals surface area contributed by atoms with E-state index in [0.29, 0.717) is 11.8 Å². The fraction of sp³-hybridized carbons (Fsp3) is 0.909. The molecular formula is C11H23N. The van der Waals surface area contributed by atoms with Gasteiger partial charge in [0.25, 0.3) is 0 Å². The molecule has 0 rings (SSSR count). The average molecular weight is 169 g/mol. The Bertz CT molecular complexity index is 156. The van der Waals surface area contributed by atoms with E-state index in [-0.39, 0.29) is 5.41 Å². The fourth-order valence-corrected chi connectivity index (χ4v) is 1.15. The van der Waals surface area contributed by atoms with Crippen molar-refractivity contribution in [3.8, 4) is 0 Å². The van der Waals surface area contributed by atoms with Gasteiger partial charge in [0.1, 0.15) is 0 Å². The summed E-state index contributed by atoms with van der Waals surface area (Å²) < 4.78 is 0. The lowest BCUT2D eigenvalue weighted by atomic mass is 9.72. The van der Waals surface area contributed by atoms with Gasteiger partial charge in [-0.25, -0.2) is 0 Å². The monoisotopic (exact) mass is 169 g/mol. The van der Waals surface area contributed by atoms with Crippen molar-refractivity contribution in [3.05, 3.63) is 0 Å². The summed E-state index contributed by atoms with van der Waals surface area (Å²) in [7, 11) is 0. The van der Waals surface area contributed by atoms with Gasteiger partial charge in [0.05, 0.1) is 0 Å². The largest absolute Gasteiger partial charge is 0.309 e. The van der Waals surface area contributed by atoms with Crippen LogP contribution >= 0.6 is 0 Å². The number of hydrogen-bond donors (Lipinski definition) is 1. The van der Waals surface area contributed by atoms with Crippen LogP contribution in [0.15, 0.2) is 0 Å². The summed E-state index contributed by atoms with van der Waals surface area (Å²) in [6.45, 7) is 13.0. The molecule has 0 aromatic heterocycles. The van der Waals surface area contributed by atoms with Gasteiger partial charge in [-0.1, -0.05) is 41.5 Å². The third-order valence-electron chi connectivity index (χ3n) is 3.24. The third kappa shape index (κ3) is 2.33. The first-order chi connectivity index (χ1) is 5.34. The average Bonchev–Trinajstić information content (AvgIpc) is 2.01. The lowest BCUT2D eigenvalue weighted by molar-refractivity contribution is 0.346. The van der Waals surface area contributed by atoms with E-state index >= 15 is 0 Å². The van der Waals surface area contributed by atoms with Crippen molar-refractivity contribution < 1.29 is 0 Å². The van der Waals surface area contributed by atoms with Crippen molar-refractivity contribution in [2.24, 2.45) is 17.3 Å². The maximum absolute atomic E-state index is 8.03. The van der Waals surface area contributed by atoms with Crippen LogP contribution in [0.4, 0.5) is 0 Å². The molecule has 0 spiro atoms. The van der Waals surface area contributed by atoms with Crippen LogP contribution in [0.25, 0.3) is 0 Å². The van der Waals surface area contributed by atoms with Crippen molar-refractivity contribution in [1.29, 1.82) is 5.41 Å². The van der Waals surface area contributed by atoms with Crippen molar-refractivity contribution in [2.75, 3.05) is 0 Å². The summed E-state index contributed by atoms with van der Waals surface area (Å²) in [5.74, 6) is 0.987. The van der Waals surface area contributed by atoms with Gasteiger partial charge in [-0.2, -0.15) is 0 Å². The first-order valence-corrected chi connectivity index (χ1v) is 4.92. The van der Waals surface area contributed by atoms with Crippen LogP contribution in [-0.4, -0.2) is 5.71 Å². The van der Waals surface area contributed by atoms with Gasteiger partial charge in [-0.15, -0.1) is 0 Å². The summed E-state index contributed by atoms with van der Waals surface area (Å²) in [6, 6.07) is 0. The molecule has 0 aromatic rings. The van der Waals surface area contributed by atoms with E-state index in [9.17, 15) is 0 Å². The topological polar surface area (TPSA) is 23.9 Å². The molecule has 1 heteroatoms. The van der Waals surface area contributed by atoms with Gasteiger partial charge < -0.3 is 5.41 Å². The fourth-order valence-electron chi connectivity index (χ4n) is 1.15. The van der Waals surface area contributed by atoms with Crippen molar-refractivity contribution >= 4 is 5.71 Å². The normalized spacial score (nSPS) is 14.9. The predicted octanol–water partition coefficient (Wildman–Crippen LogP) is 3.73. The number of nitrogens with one attached hydrogen (secondary N) is 1. The second-order valence-electron chi connectivity index (χ2n) is 4.60. The molecule has 0 radical (unpaired) electrons. The van der Waals surface area contributed by atoms with Gasteiger partial charge in [0.2, 0.25) is 0 Å². The highest BCUT2D eigenvalue weighted by Gasteiger charge is 2.29. The van der Waals surface area contributed by atoms with E-state index in [1.165, 1.54) is 0 Å². The summed E-state index contributed by atoms with van der Waals surface area (Å²) in [4.78, 5) is 0. The minimum absolute atomic E-state index is 0.0649. The Hall–Kier alpha value is -0.330. The second kappa shape index (κ2) is 4.06. The Kier molecular flexibility index (Phi) is 3.95. The summed E-state index contributed by atoms with van der Waals surface area (Å²) in [6.07, 6.45) is 1.08. The van der Waals surface area contributed by atoms with Crippen LogP contribution in [0.3, 0.4) is 0 Å². The summed E-state index contributed by atoms with van der Waals surface area (Å²) >= 11 is 0. The van der Waals surface area contributed by atoms with Gasteiger partial charge >= 0.3 is 0 Å². The van der Waals surface area contributed by atoms with Crippen molar-refractivity contribution in [2.45, 2.75) is 48.0 Å². The van der Waals surface area contributed by atoms with Gasteiger partial charge in [0, 0.05) is 11.1 Å². The molecule has 0 aromatic carbocycles. The molecular weight excluding hydrogens is 146 g/mol. The molecule has 0 aliphatic heterocycles. The van der Waals surface area contributed by atoms with E-state index in [4.69, 9.17) is 5.41 Å². The molecule has 0 amide bonds. The van der Waals surface area contributed by atoms with Crippen LogP contribution in [0.5, 0.6) is 0 Å². The minimum atomic E-state index is 0.0649. The smallest absolute Gasteiger partial charge is 0.0176 e. The molecule has 0 saturated carbocycles. The molecule has 1 nitrogen and oxygen atoms in total. The Morgan fingerprint density at radius 3 is 1.92 bits per heavy atom. The molecule has 0 fully saturated rings. The summed E-state index contributed by atoms with van der Waals surface area (Å²) in [5, 5.41) is 8.03. The molecule has 72 valence electrons. The Morgan fingerprint density at radius 2 is 1.67 bits per heavy atom. The highest BCUT2D eigenvalue weighted by Crippen LogP contribution is 2.31. The van der Waals surface area contributed by atoms with Gasteiger partial charge in [-0.05, 0) is 18.3 Å². The van der Waals surface area contributed by atoms with E-state index in [2.05, 4.69) is 41.5 Å². The highest BCUT2D eigenvalue weighted by atomic mass is 14.5. The van der Waals surface area contributed by atoms with Crippen LogP contribution < -0.4 is 0 Å². The van der Waals surface area contributed by atoms with Crippen molar-refractivity contribution in [3.63, 3.8) is 0 Å². The van der Waals surface area contributed by atoms with Gasteiger partial charge in [-0.3, -0.25) is 0 Å². The Morgan fingerprint density at radius 1 is 1.25 bits per heavy atom. The van der Waals surface area contributed by atoms with Crippen LogP contribution in [0, 0.1) is 22.7 Å². The minimum Gasteiger partial charge on any atom is -0.309 e. The lowest BCUT2D eigenvalue weighted by Crippen LogP contribution is -2.33. The second-order valence-corrected chi connectivity index (χ2v) is 4.60. The molecule has 1 N–H and O–H groups in total. The molecule has 12 heavy (non-hydrogen) atoms. The first kappa shape index (κ1) is 11.7. The third-order valence-corrected chi connectivity index (χ3v) is 3.24. The van der Waals surface area contributed by atoms with E-state index in [1.807, 2.05) is 0 Å². The zero-order chi connectivity index (χ0) is 9.94. The number of hydrogen-bond acceptors (Lipinski definition) is 1. The zero-order valence-corrected chi connectivity index (χ0v) is 9.36. The predicted molar refractivity (Wildman–Crippen MR) is 55.8 cm³/mol. The van der Waals surface area contributed by atoms with Crippen LogP contribution in [0.1, 0.15) is 48.0 Å². The molecule has 0 bridgehead atoms. The summed E-state index contributed by atoms with van der Waals surface area (Å²) in [5.41, 5.74) is 0.968. The lowest BCUT2D eigenvalue weighted by Gasteiger charge is -2.33. The maximum Gasteiger partial charge on any atom is 0.0176 e. The number of rotatable bonds is 4. The highest BCUT2D eigenvalue weighted by molar-refractivity contribution is 5.88. The molecule has 0 heterocycles. The van der Waals surface area contributed by atoms with E-state index in [0.717, 1.165) is 12.1 Å². The van der Waals surface area contributed by atoms with Crippen LogP contribution in [-0.2, 0) is 0 Å². The Labute approximate surface area is 77.1 Å². The van der Waals surface area contributed by atoms with Crippen molar-refractivity contribution in [1.82, 2.24) is 0 Å². The van der Waals surface area contributed by atoms with E-state index in [1.54, 1.807) is 0 Å². The molecule has 1 atom stereocenters. The SMILES string of the molecule is CCC(C)C(=N)C(C)(C)C(C)C. The van der Waals surface area contributed by atoms with Gasteiger partial charge in [0.15, 0.2) is 0 Å². The quantitative estimate of drug-likeness (QED) is 0.620. The zero-order valence-electron chi connectivity index (χ0n) is 9.36. The van der Waals surface area contributed by atoms with E-state index < -0.39 is 0 Å². The maximum atomic E-state index is 8.03.